The molecule has 288 valence electrons. The molecule has 0 aliphatic carbocycles. The van der Waals surface area contributed by atoms with Crippen LogP contribution >= 0.6 is 0 Å². The van der Waals surface area contributed by atoms with Crippen LogP contribution in [0.3, 0.4) is 0 Å². The maximum absolute atomic E-state index is 2.48. The van der Waals surface area contributed by atoms with E-state index in [1.807, 2.05) is 0 Å². The van der Waals surface area contributed by atoms with Crippen LogP contribution in [0.15, 0.2) is 218 Å². The molecule has 0 fully saturated rings. The zero-order chi connectivity index (χ0) is 40.5. The molecule has 0 radical (unpaired) electrons. The first kappa shape index (κ1) is 33.5. The van der Waals surface area contributed by atoms with Crippen LogP contribution in [-0.4, -0.2) is 13.7 Å². The number of anilines is 3. The topological polar surface area (TPSA) is 18.0 Å². The molecular formula is C58H36N4. The SMILES string of the molecule is c1cc2c3c(cccc3c1)N(c1ccc(-n3c4ccccc4c4ccccc43)cc1)c1cc3c(cc1-2)c1ccccc1n3-c1ccc(-n2c3ccccc3c3ccccc32)cc1. The van der Waals surface area contributed by atoms with Crippen LogP contribution in [0.5, 0.6) is 0 Å². The summed E-state index contributed by atoms with van der Waals surface area (Å²) in [6, 6.07) is 80.3. The molecule has 14 rings (SSSR count). The van der Waals surface area contributed by atoms with Crippen LogP contribution in [0, 0.1) is 0 Å². The molecule has 0 spiro atoms. The van der Waals surface area contributed by atoms with Gasteiger partial charge in [-0.25, -0.2) is 0 Å². The van der Waals surface area contributed by atoms with Crippen LogP contribution in [0.4, 0.5) is 17.1 Å². The molecule has 0 unspecified atom stereocenters. The highest BCUT2D eigenvalue weighted by atomic mass is 15.2. The van der Waals surface area contributed by atoms with Crippen molar-refractivity contribution >= 4 is 93.3 Å². The molecule has 1 aliphatic heterocycles. The lowest BCUT2D eigenvalue weighted by molar-refractivity contribution is 1.14. The fourth-order valence-electron chi connectivity index (χ4n) is 10.7. The van der Waals surface area contributed by atoms with Crippen molar-refractivity contribution in [2.75, 3.05) is 4.90 Å². The van der Waals surface area contributed by atoms with E-state index in [0.717, 1.165) is 22.7 Å². The third kappa shape index (κ3) is 4.55. The summed E-state index contributed by atoms with van der Waals surface area (Å²) in [6.07, 6.45) is 0. The van der Waals surface area contributed by atoms with Gasteiger partial charge in [-0.3, -0.25) is 0 Å². The average molecular weight is 789 g/mol. The number of benzene rings is 10. The van der Waals surface area contributed by atoms with Gasteiger partial charge < -0.3 is 18.6 Å². The zero-order valence-electron chi connectivity index (χ0n) is 33.6. The molecule has 0 amide bonds. The van der Waals surface area contributed by atoms with E-state index in [-0.39, 0.29) is 0 Å². The minimum absolute atomic E-state index is 1.12. The monoisotopic (exact) mass is 788 g/mol. The molecule has 10 aromatic carbocycles. The number of rotatable bonds is 4. The molecule has 4 heteroatoms. The van der Waals surface area contributed by atoms with Crippen molar-refractivity contribution in [1.82, 2.24) is 13.7 Å². The van der Waals surface area contributed by atoms with Gasteiger partial charge in [0.15, 0.2) is 0 Å². The van der Waals surface area contributed by atoms with Crippen LogP contribution in [0.1, 0.15) is 0 Å². The lowest BCUT2D eigenvalue weighted by atomic mass is 9.90. The lowest BCUT2D eigenvalue weighted by Gasteiger charge is -2.34. The Morgan fingerprint density at radius 2 is 0.629 bits per heavy atom. The molecule has 1 aliphatic rings. The number of hydrogen-bond donors (Lipinski definition) is 0. The fraction of sp³-hybridized carbons (Fsp3) is 0. The molecule has 0 bridgehead atoms. The first-order valence-corrected chi connectivity index (χ1v) is 21.4. The smallest absolute Gasteiger partial charge is 0.0562 e. The Morgan fingerprint density at radius 3 is 1.10 bits per heavy atom. The highest BCUT2D eigenvalue weighted by molar-refractivity contribution is 6.19. The van der Waals surface area contributed by atoms with Crippen molar-refractivity contribution in [1.29, 1.82) is 0 Å². The summed E-state index contributed by atoms with van der Waals surface area (Å²) in [6.45, 7) is 0. The van der Waals surface area contributed by atoms with E-state index in [9.17, 15) is 0 Å². The van der Waals surface area contributed by atoms with E-state index in [0.29, 0.717) is 0 Å². The highest BCUT2D eigenvalue weighted by Crippen LogP contribution is 2.53. The van der Waals surface area contributed by atoms with Gasteiger partial charge in [-0.2, -0.15) is 0 Å². The number of aromatic nitrogens is 3. The van der Waals surface area contributed by atoms with Gasteiger partial charge in [0.25, 0.3) is 0 Å². The molecule has 4 heterocycles. The van der Waals surface area contributed by atoms with E-state index in [4.69, 9.17) is 0 Å². The lowest BCUT2D eigenvalue weighted by Crippen LogP contribution is -2.15. The summed E-state index contributed by atoms with van der Waals surface area (Å²) in [4.78, 5) is 2.48. The Morgan fingerprint density at radius 1 is 0.242 bits per heavy atom. The summed E-state index contributed by atoms with van der Waals surface area (Å²) in [5.74, 6) is 0. The maximum Gasteiger partial charge on any atom is 0.0562 e. The van der Waals surface area contributed by atoms with Gasteiger partial charge >= 0.3 is 0 Å². The van der Waals surface area contributed by atoms with Gasteiger partial charge in [-0.05, 0) is 108 Å². The van der Waals surface area contributed by atoms with Gasteiger partial charge in [0, 0.05) is 66.0 Å². The van der Waals surface area contributed by atoms with Gasteiger partial charge in [0.05, 0.1) is 44.5 Å². The Hall–Kier alpha value is -8.34. The second-order valence-electron chi connectivity index (χ2n) is 16.5. The number of nitrogens with zero attached hydrogens (tertiary/aromatic N) is 4. The third-order valence-corrected chi connectivity index (χ3v) is 13.3. The van der Waals surface area contributed by atoms with E-state index < -0.39 is 0 Å². The molecule has 0 N–H and O–H groups in total. The average Bonchev–Trinajstić information content (AvgIpc) is 3.97. The second-order valence-corrected chi connectivity index (χ2v) is 16.5. The van der Waals surface area contributed by atoms with Crippen molar-refractivity contribution in [2.24, 2.45) is 0 Å². The first-order chi connectivity index (χ1) is 30.8. The van der Waals surface area contributed by atoms with Crippen LogP contribution in [-0.2, 0) is 0 Å². The van der Waals surface area contributed by atoms with Gasteiger partial charge in [0.2, 0.25) is 0 Å². The fourth-order valence-corrected chi connectivity index (χ4v) is 10.7. The Kier molecular flexibility index (Phi) is 6.80. The van der Waals surface area contributed by atoms with Gasteiger partial charge in [0.1, 0.15) is 0 Å². The van der Waals surface area contributed by atoms with Crippen molar-refractivity contribution in [2.45, 2.75) is 0 Å². The molecule has 13 aromatic rings. The van der Waals surface area contributed by atoms with Crippen LogP contribution < -0.4 is 4.90 Å². The van der Waals surface area contributed by atoms with Crippen molar-refractivity contribution < 1.29 is 0 Å². The summed E-state index contributed by atoms with van der Waals surface area (Å²) in [5, 5.41) is 10.1. The summed E-state index contributed by atoms with van der Waals surface area (Å²) < 4.78 is 7.23. The van der Waals surface area contributed by atoms with E-state index in [2.05, 4.69) is 237 Å². The van der Waals surface area contributed by atoms with Gasteiger partial charge in [-0.15, -0.1) is 0 Å². The van der Waals surface area contributed by atoms with Crippen molar-refractivity contribution in [3.05, 3.63) is 218 Å². The molecular weight excluding hydrogens is 753 g/mol. The predicted molar refractivity (Wildman–Crippen MR) is 261 cm³/mol. The van der Waals surface area contributed by atoms with E-state index >= 15 is 0 Å². The van der Waals surface area contributed by atoms with E-state index in [1.54, 1.807) is 0 Å². The number of fused-ring (bicyclic) bond motifs is 11. The van der Waals surface area contributed by atoms with Gasteiger partial charge in [-0.1, -0.05) is 121 Å². The van der Waals surface area contributed by atoms with E-state index in [1.165, 1.54) is 98.7 Å². The first-order valence-electron chi connectivity index (χ1n) is 21.4. The Labute approximate surface area is 356 Å². The molecule has 0 saturated heterocycles. The molecule has 3 aromatic heterocycles. The van der Waals surface area contributed by atoms with Crippen LogP contribution in [0.25, 0.3) is 104 Å². The van der Waals surface area contributed by atoms with Crippen molar-refractivity contribution in [3.63, 3.8) is 0 Å². The Balaban J connectivity index is 0.972. The normalized spacial score (nSPS) is 12.5. The summed E-state index contributed by atoms with van der Waals surface area (Å²) in [5.41, 5.74) is 16.6. The number of para-hydroxylation sites is 5. The minimum Gasteiger partial charge on any atom is -0.309 e. The quantitative estimate of drug-likeness (QED) is 0.174. The van der Waals surface area contributed by atoms with Crippen LogP contribution in [0.2, 0.25) is 0 Å². The van der Waals surface area contributed by atoms with Crippen molar-refractivity contribution in [3.8, 4) is 28.2 Å². The second kappa shape index (κ2) is 12.6. The summed E-state index contributed by atoms with van der Waals surface area (Å²) >= 11 is 0. The third-order valence-electron chi connectivity index (χ3n) is 13.3. The Bertz CT molecular complexity index is 3860. The predicted octanol–water partition coefficient (Wildman–Crippen LogP) is 15.6. The molecule has 62 heavy (non-hydrogen) atoms. The molecule has 0 atom stereocenters. The molecule has 0 saturated carbocycles. The largest absolute Gasteiger partial charge is 0.309 e. The maximum atomic E-state index is 2.48. The number of hydrogen-bond acceptors (Lipinski definition) is 1. The standard InChI is InChI=1S/C58H36N4/c1-6-21-50-42(15-1)43-16-2-7-22-51(43)59(50)38-27-31-40(32-28-38)61-54-25-10-5-19-46(54)48-35-49-47-20-11-13-37-14-12-26-55(58(37)47)62(57(49)36-56(48)61)41-33-29-39(30-34-41)60-52-23-8-3-17-44(52)45-18-4-9-24-53(45)60/h1-36H. The molecule has 4 nitrogen and oxygen atoms in total. The zero-order valence-corrected chi connectivity index (χ0v) is 33.6. The summed E-state index contributed by atoms with van der Waals surface area (Å²) in [7, 11) is 0. The highest BCUT2D eigenvalue weighted by Gasteiger charge is 2.28. The minimum atomic E-state index is 1.12.